The Morgan fingerprint density at radius 1 is 1.40 bits per heavy atom. The summed E-state index contributed by atoms with van der Waals surface area (Å²) in [6.07, 6.45) is 0. The molecule has 0 aliphatic heterocycles. The smallest absolute Gasteiger partial charge is 0.330 e. The van der Waals surface area contributed by atoms with Crippen molar-refractivity contribution in [3.05, 3.63) is 0 Å². The second-order valence-electron chi connectivity index (χ2n) is 2.14. The number of hydrogen-bond acceptors (Lipinski definition) is 2. The van der Waals surface area contributed by atoms with Crippen molar-refractivity contribution in [3.8, 4) is 0 Å². The third-order valence-corrected chi connectivity index (χ3v) is 0.471. The molecule has 6 heteroatoms. The molecule has 0 radical (unpaired) electrons. The van der Waals surface area contributed by atoms with Gasteiger partial charge in [0, 0.05) is 0 Å². The summed E-state index contributed by atoms with van der Waals surface area (Å²) in [5, 5.41) is 0. The van der Waals surface area contributed by atoms with Gasteiger partial charge in [-0.15, -0.1) is 0 Å². The molecule has 0 aromatic carbocycles. The van der Waals surface area contributed by atoms with Crippen molar-refractivity contribution in [1.29, 1.82) is 0 Å². The summed E-state index contributed by atoms with van der Waals surface area (Å²) in [5.41, 5.74) is 5.17. The molecule has 0 rings (SSSR count). The highest BCUT2D eigenvalue weighted by molar-refractivity contribution is 7.45. The van der Waals surface area contributed by atoms with Crippen LogP contribution in [0.4, 0.5) is 0 Å². The van der Waals surface area contributed by atoms with Crippen LogP contribution >= 0.6 is 7.82 Å². The van der Waals surface area contributed by atoms with Gasteiger partial charge < -0.3 is 20.4 Å². The van der Waals surface area contributed by atoms with E-state index in [2.05, 4.69) is 13.8 Å². The lowest BCUT2D eigenvalue weighted by Gasteiger charge is -1.91. The predicted molar refractivity (Wildman–Crippen MR) is 38.2 cm³/mol. The summed E-state index contributed by atoms with van der Waals surface area (Å²) in [7, 11) is -4.64. The van der Waals surface area contributed by atoms with Crippen LogP contribution in [0.25, 0.3) is 0 Å². The highest BCUT2D eigenvalue weighted by Gasteiger charge is 2.00. The van der Waals surface area contributed by atoms with Crippen LogP contribution in [0.15, 0.2) is 0 Å². The van der Waals surface area contributed by atoms with Crippen molar-refractivity contribution in [2.24, 2.45) is 11.7 Å². The molecule has 0 spiro atoms. The molecule has 0 aromatic heterocycles. The molecule has 0 saturated carbocycles. The predicted octanol–water partition coefficient (Wildman–Crippen LogP) is -0.328. The number of nitrogens with two attached hydrogens (primary N) is 1. The molecular weight excluding hydrogens is 157 g/mol. The lowest BCUT2D eigenvalue weighted by molar-refractivity contribution is 0.275. The largest absolute Gasteiger partial charge is 0.466 e. The first kappa shape index (κ1) is 12.7. The normalized spacial score (nSPS) is 10.7. The topological polar surface area (TPSA) is 104 Å². The van der Waals surface area contributed by atoms with Crippen molar-refractivity contribution in [1.82, 2.24) is 0 Å². The minimum Gasteiger partial charge on any atom is -0.330 e. The molecule has 0 fully saturated rings. The maximum absolute atomic E-state index is 8.88. The summed E-state index contributed by atoms with van der Waals surface area (Å²) in [5.74, 6) is 0.662. The van der Waals surface area contributed by atoms with Gasteiger partial charge >= 0.3 is 7.82 Å². The Morgan fingerprint density at radius 2 is 1.50 bits per heavy atom. The first-order valence-electron chi connectivity index (χ1n) is 2.75. The van der Waals surface area contributed by atoms with Crippen molar-refractivity contribution < 1.29 is 19.2 Å². The molecule has 0 heterocycles. The Bertz CT molecular complexity index is 102. The van der Waals surface area contributed by atoms with Crippen molar-refractivity contribution in [2.75, 3.05) is 6.54 Å². The van der Waals surface area contributed by atoms with Crippen molar-refractivity contribution in [3.63, 3.8) is 0 Å². The molecule has 5 N–H and O–H groups in total. The van der Waals surface area contributed by atoms with Crippen LogP contribution in [0.5, 0.6) is 0 Å². The van der Waals surface area contributed by atoms with Crippen LogP contribution in [0, 0.1) is 5.92 Å². The Hall–Kier alpha value is 0.0700. The van der Waals surface area contributed by atoms with Gasteiger partial charge in [-0.1, -0.05) is 13.8 Å². The summed E-state index contributed by atoms with van der Waals surface area (Å²) >= 11 is 0. The molecule has 0 unspecified atom stereocenters. The van der Waals surface area contributed by atoms with E-state index in [4.69, 9.17) is 25.0 Å². The van der Waals surface area contributed by atoms with Gasteiger partial charge in [-0.25, -0.2) is 4.57 Å². The summed E-state index contributed by atoms with van der Waals surface area (Å²) in [6.45, 7) is 5.00. The monoisotopic (exact) mass is 171 g/mol. The number of hydrogen-bond donors (Lipinski definition) is 4. The van der Waals surface area contributed by atoms with Crippen LogP contribution < -0.4 is 5.73 Å². The Labute approximate surface area is 60.1 Å². The fourth-order valence-corrected chi connectivity index (χ4v) is 0. The summed E-state index contributed by atoms with van der Waals surface area (Å²) < 4.78 is 8.88. The van der Waals surface area contributed by atoms with Gasteiger partial charge in [-0.3, -0.25) is 0 Å². The third kappa shape index (κ3) is 94.1. The fraction of sp³-hybridized carbons (Fsp3) is 1.00. The average Bonchev–Trinajstić information content (AvgIpc) is 1.61. The molecule has 10 heavy (non-hydrogen) atoms. The minimum absolute atomic E-state index is 0.662. The Kier molecular flexibility index (Phi) is 7.41. The highest BCUT2D eigenvalue weighted by atomic mass is 31.2. The van der Waals surface area contributed by atoms with E-state index in [1.54, 1.807) is 0 Å². The summed E-state index contributed by atoms with van der Waals surface area (Å²) in [4.78, 5) is 21.6. The van der Waals surface area contributed by atoms with Gasteiger partial charge in [0.2, 0.25) is 0 Å². The molecule has 0 bridgehead atoms. The zero-order chi connectivity index (χ0) is 8.78. The van der Waals surface area contributed by atoms with Crippen LogP contribution in [0.2, 0.25) is 0 Å². The van der Waals surface area contributed by atoms with Gasteiger partial charge in [0.25, 0.3) is 0 Å². The Morgan fingerprint density at radius 3 is 1.50 bits per heavy atom. The molecule has 64 valence electrons. The standard InChI is InChI=1S/C4H11N.H3O4P/c1-4(2)3-5;1-5(2,3)4/h4H,3,5H2,1-2H3;(H3,1,2,3,4). The molecule has 5 nitrogen and oxygen atoms in total. The fourth-order valence-electron chi connectivity index (χ4n) is 0. The first-order valence-corrected chi connectivity index (χ1v) is 4.32. The van der Waals surface area contributed by atoms with E-state index in [0.29, 0.717) is 5.92 Å². The first-order chi connectivity index (χ1) is 4.27. The van der Waals surface area contributed by atoms with Gasteiger partial charge in [0.15, 0.2) is 0 Å². The van der Waals surface area contributed by atoms with E-state index < -0.39 is 7.82 Å². The maximum Gasteiger partial charge on any atom is 0.466 e. The van der Waals surface area contributed by atoms with Crippen molar-refractivity contribution >= 4 is 7.82 Å². The second kappa shape index (κ2) is 5.82. The second-order valence-corrected chi connectivity index (χ2v) is 3.17. The molecule has 0 aliphatic rings. The quantitative estimate of drug-likeness (QED) is 0.404. The number of rotatable bonds is 1. The molecule has 0 aliphatic carbocycles. The minimum atomic E-state index is -4.64. The van der Waals surface area contributed by atoms with Crippen LogP contribution in [-0.2, 0) is 4.57 Å². The molecule has 0 aromatic rings. The lowest BCUT2D eigenvalue weighted by atomic mass is 10.2. The highest BCUT2D eigenvalue weighted by Crippen LogP contribution is 2.25. The van der Waals surface area contributed by atoms with Crippen LogP contribution in [-0.4, -0.2) is 21.2 Å². The average molecular weight is 171 g/mol. The zero-order valence-electron chi connectivity index (χ0n) is 6.06. The van der Waals surface area contributed by atoms with E-state index in [1.165, 1.54) is 0 Å². The van der Waals surface area contributed by atoms with Gasteiger partial charge in [0.1, 0.15) is 0 Å². The third-order valence-electron chi connectivity index (χ3n) is 0.471. The SMILES string of the molecule is CC(C)CN.O=P(O)(O)O. The van der Waals surface area contributed by atoms with Crippen LogP contribution in [0.1, 0.15) is 13.8 Å². The van der Waals surface area contributed by atoms with E-state index in [9.17, 15) is 0 Å². The Balaban J connectivity index is 0. The molecule has 0 saturated heterocycles. The zero-order valence-corrected chi connectivity index (χ0v) is 6.95. The summed E-state index contributed by atoms with van der Waals surface area (Å²) in [6, 6.07) is 0. The van der Waals surface area contributed by atoms with Gasteiger partial charge in [0.05, 0.1) is 0 Å². The van der Waals surface area contributed by atoms with Gasteiger partial charge in [-0.2, -0.15) is 0 Å². The molecular formula is C4H14NO4P. The van der Waals surface area contributed by atoms with E-state index >= 15 is 0 Å². The van der Waals surface area contributed by atoms with Gasteiger partial charge in [-0.05, 0) is 12.5 Å². The number of phosphoric acid groups is 1. The molecule has 0 amide bonds. The van der Waals surface area contributed by atoms with Crippen molar-refractivity contribution in [2.45, 2.75) is 13.8 Å². The van der Waals surface area contributed by atoms with Crippen LogP contribution in [0.3, 0.4) is 0 Å². The lowest BCUT2D eigenvalue weighted by Crippen LogP contribution is -2.05. The van der Waals surface area contributed by atoms with E-state index in [0.717, 1.165) is 6.54 Å². The van der Waals surface area contributed by atoms with E-state index in [1.807, 2.05) is 0 Å². The molecule has 0 atom stereocenters. The van der Waals surface area contributed by atoms with E-state index in [-0.39, 0.29) is 0 Å². The maximum atomic E-state index is 8.88.